The normalized spacial score (nSPS) is 39.5. The summed E-state index contributed by atoms with van der Waals surface area (Å²) in [5, 5.41) is 0.312. The summed E-state index contributed by atoms with van der Waals surface area (Å²) in [7, 11) is 0. The minimum Gasteiger partial charge on any atom is -0.337 e. The van der Waals surface area contributed by atoms with Gasteiger partial charge in [0.15, 0.2) is 0 Å². The molecule has 2 aliphatic heterocycles. The standard InChI is InChI=1S/C12H18ClNO/c13-9-6-10-3-4-11(7-9)14(10)12(15)5-8-1-2-8/h8-11H,1-7H2. The first-order chi connectivity index (χ1) is 7.24. The summed E-state index contributed by atoms with van der Waals surface area (Å²) < 4.78 is 0. The average molecular weight is 228 g/mol. The van der Waals surface area contributed by atoms with E-state index in [1.54, 1.807) is 0 Å². The van der Waals surface area contributed by atoms with Crippen molar-refractivity contribution in [3.8, 4) is 0 Å². The van der Waals surface area contributed by atoms with Crippen molar-refractivity contribution in [3.05, 3.63) is 0 Å². The van der Waals surface area contributed by atoms with Crippen LogP contribution in [0.15, 0.2) is 0 Å². The molecular formula is C12H18ClNO. The number of carbonyl (C=O) groups excluding carboxylic acids is 1. The molecule has 2 heterocycles. The van der Waals surface area contributed by atoms with Gasteiger partial charge in [0.2, 0.25) is 5.91 Å². The lowest BCUT2D eigenvalue weighted by molar-refractivity contribution is -0.135. The van der Waals surface area contributed by atoms with E-state index < -0.39 is 0 Å². The van der Waals surface area contributed by atoms with E-state index in [0.717, 1.165) is 19.3 Å². The summed E-state index contributed by atoms with van der Waals surface area (Å²) in [4.78, 5) is 14.3. The van der Waals surface area contributed by atoms with Gasteiger partial charge in [0.05, 0.1) is 0 Å². The minimum absolute atomic E-state index is 0.312. The first-order valence-electron chi connectivity index (χ1n) is 6.19. The lowest BCUT2D eigenvalue weighted by Crippen LogP contribution is -2.47. The zero-order valence-electron chi connectivity index (χ0n) is 8.99. The molecule has 2 unspecified atom stereocenters. The topological polar surface area (TPSA) is 20.3 Å². The van der Waals surface area contributed by atoms with Crippen molar-refractivity contribution >= 4 is 17.5 Å². The molecule has 3 fully saturated rings. The van der Waals surface area contributed by atoms with Gasteiger partial charge in [-0.2, -0.15) is 0 Å². The first-order valence-corrected chi connectivity index (χ1v) is 6.63. The fraction of sp³-hybridized carbons (Fsp3) is 0.917. The van der Waals surface area contributed by atoms with Gasteiger partial charge in [0.25, 0.3) is 0 Å². The van der Waals surface area contributed by atoms with Crippen molar-refractivity contribution < 1.29 is 4.79 Å². The Balaban J connectivity index is 1.67. The summed E-state index contributed by atoms with van der Waals surface area (Å²) >= 11 is 6.20. The molecular weight excluding hydrogens is 210 g/mol. The Bertz CT molecular complexity index is 263. The highest BCUT2D eigenvalue weighted by Crippen LogP contribution is 2.40. The Kier molecular flexibility index (Phi) is 2.42. The van der Waals surface area contributed by atoms with Crippen LogP contribution in [-0.4, -0.2) is 28.3 Å². The molecule has 0 aromatic carbocycles. The largest absolute Gasteiger partial charge is 0.337 e. The number of nitrogens with zero attached hydrogens (tertiary/aromatic N) is 1. The third-order valence-corrected chi connectivity index (χ3v) is 4.48. The van der Waals surface area contributed by atoms with Gasteiger partial charge in [-0.05, 0) is 44.4 Å². The van der Waals surface area contributed by atoms with Gasteiger partial charge in [-0.25, -0.2) is 0 Å². The van der Waals surface area contributed by atoms with Gasteiger partial charge in [-0.3, -0.25) is 4.79 Å². The Hall–Kier alpha value is -0.240. The molecule has 3 heteroatoms. The van der Waals surface area contributed by atoms with E-state index in [-0.39, 0.29) is 0 Å². The maximum absolute atomic E-state index is 12.1. The quantitative estimate of drug-likeness (QED) is 0.664. The van der Waals surface area contributed by atoms with Gasteiger partial charge in [0.1, 0.15) is 0 Å². The van der Waals surface area contributed by atoms with E-state index in [4.69, 9.17) is 11.6 Å². The van der Waals surface area contributed by atoms with Crippen LogP contribution in [0.5, 0.6) is 0 Å². The summed E-state index contributed by atoms with van der Waals surface area (Å²) in [5.41, 5.74) is 0. The molecule has 0 aromatic heterocycles. The number of halogens is 1. The fourth-order valence-corrected chi connectivity index (χ4v) is 3.60. The van der Waals surface area contributed by atoms with Crippen LogP contribution >= 0.6 is 11.6 Å². The maximum Gasteiger partial charge on any atom is 0.223 e. The number of carbonyl (C=O) groups is 1. The fourth-order valence-electron chi connectivity index (χ4n) is 3.19. The van der Waals surface area contributed by atoms with Crippen molar-refractivity contribution in [2.75, 3.05) is 0 Å². The Labute approximate surface area is 96.0 Å². The molecule has 3 rings (SSSR count). The van der Waals surface area contributed by atoms with Crippen molar-refractivity contribution in [2.45, 2.75) is 62.4 Å². The van der Waals surface area contributed by atoms with Crippen molar-refractivity contribution in [2.24, 2.45) is 5.92 Å². The second-order valence-corrected chi connectivity index (χ2v) is 6.02. The average Bonchev–Trinajstić information content (AvgIpc) is 2.93. The summed E-state index contributed by atoms with van der Waals surface area (Å²) in [6.07, 6.45) is 7.76. The second-order valence-electron chi connectivity index (χ2n) is 5.40. The third-order valence-electron chi connectivity index (χ3n) is 4.12. The van der Waals surface area contributed by atoms with Gasteiger partial charge in [0, 0.05) is 23.9 Å². The molecule has 15 heavy (non-hydrogen) atoms. The van der Waals surface area contributed by atoms with E-state index in [9.17, 15) is 4.79 Å². The molecule has 1 amide bonds. The van der Waals surface area contributed by atoms with Crippen LogP contribution < -0.4 is 0 Å². The van der Waals surface area contributed by atoms with Crippen LogP contribution in [0.25, 0.3) is 0 Å². The predicted octanol–water partition coefficient (Wildman–Crippen LogP) is 2.55. The van der Waals surface area contributed by atoms with Crippen molar-refractivity contribution in [3.63, 3.8) is 0 Å². The molecule has 1 aliphatic carbocycles. The maximum atomic E-state index is 12.1. The number of piperidine rings is 1. The Morgan fingerprint density at radius 2 is 1.73 bits per heavy atom. The van der Waals surface area contributed by atoms with E-state index >= 15 is 0 Å². The molecule has 0 radical (unpaired) electrons. The highest BCUT2D eigenvalue weighted by molar-refractivity contribution is 6.20. The smallest absolute Gasteiger partial charge is 0.223 e. The molecule has 0 aromatic rings. The van der Waals surface area contributed by atoms with Crippen LogP contribution in [0.1, 0.15) is 44.9 Å². The highest BCUT2D eigenvalue weighted by Gasteiger charge is 2.43. The zero-order chi connectivity index (χ0) is 10.4. The van der Waals surface area contributed by atoms with Crippen LogP contribution in [0.2, 0.25) is 0 Å². The lowest BCUT2D eigenvalue weighted by Gasteiger charge is -2.37. The lowest BCUT2D eigenvalue weighted by atomic mass is 10.0. The predicted molar refractivity (Wildman–Crippen MR) is 59.9 cm³/mol. The Morgan fingerprint density at radius 3 is 2.27 bits per heavy atom. The molecule has 2 bridgehead atoms. The molecule has 2 saturated heterocycles. The number of amides is 1. The van der Waals surface area contributed by atoms with Gasteiger partial charge < -0.3 is 4.90 Å². The van der Waals surface area contributed by atoms with E-state index in [2.05, 4.69) is 4.90 Å². The summed E-state index contributed by atoms with van der Waals surface area (Å²) in [6, 6.07) is 0.940. The molecule has 0 spiro atoms. The van der Waals surface area contributed by atoms with Crippen LogP contribution in [0.4, 0.5) is 0 Å². The second kappa shape index (κ2) is 3.65. The van der Waals surface area contributed by atoms with Gasteiger partial charge >= 0.3 is 0 Å². The molecule has 0 N–H and O–H groups in total. The highest BCUT2D eigenvalue weighted by atomic mass is 35.5. The molecule has 3 aliphatic rings. The van der Waals surface area contributed by atoms with E-state index in [1.807, 2.05) is 0 Å². The van der Waals surface area contributed by atoms with Crippen molar-refractivity contribution in [1.29, 1.82) is 0 Å². The molecule has 2 nitrogen and oxygen atoms in total. The third kappa shape index (κ3) is 1.89. The number of hydrogen-bond donors (Lipinski definition) is 0. The Morgan fingerprint density at radius 1 is 1.13 bits per heavy atom. The SMILES string of the molecule is O=C(CC1CC1)N1C2CCC1CC(Cl)C2. The molecule has 1 saturated carbocycles. The van der Waals surface area contributed by atoms with Crippen molar-refractivity contribution in [1.82, 2.24) is 4.90 Å². The van der Waals surface area contributed by atoms with Gasteiger partial charge in [-0.1, -0.05) is 0 Å². The number of fused-ring (bicyclic) bond motifs is 2. The van der Waals surface area contributed by atoms with E-state index in [0.29, 0.717) is 29.3 Å². The summed E-state index contributed by atoms with van der Waals surface area (Å²) in [5.74, 6) is 1.12. The van der Waals surface area contributed by atoms with Crippen LogP contribution in [0.3, 0.4) is 0 Å². The minimum atomic E-state index is 0.312. The number of hydrogen-bond acceptors (Lipinski definition) is 1. The number of rotatable bonds is 2. The van der Waals surface area contributed by atoms with E-state index in [1.165, 1.54) is 25.7 Å². The summed E-state index contributed by atoms with van der Waals surface area (Å²) in [6.45, 7) is 0. The number of alkyl halides is 1. The van der Waals surface area contributed by atoms with Gasteiger partial charge in [-0.15, -0.1) is 11.6 Å². The first kappa shape index (κ1) is 9.95. The molecule has 84 valence electrons. The van der Waals surface area contributed by atoms with Crippen LogP contribution in [-0.2, 0) is 4.79 Å². The van der Waals surface area contributed by atoms with Crippen LogP contribution in [0, 0.1) is 5.92 Å². The monoisotopic (exact) mass is 227 g/mol. The molecule has 2 atom stereocenters. The zero-order valence-corrected chi connectivity index (χ0v) is 9.75.